The molecule has 1 saturated heterocycles. The van der Waals surface area contributed by atoms with Crippen LogP contribution < -0.4 is 4.74 Å². The van der Waals surface area contributed by atoms with Crippen molar-refractivity contribution in [2.75, 3.05) is 26.7 Å². The number of aliphatic carboxylic acids is 1. The molecule has 4 rings (SSSR count). The number of methoxy groups -OCH3 is 1. The third-order valence-corrected chi connectivity index (χ3v) is 7.60. The number of aryl methyl sites for hydroxylation is 1. The van der Waals surface area contributed by atoms with E-state index in [2.05, 4.69) is 34.1 Å². The molecule has 1 aliphatic heterocycles. The maximum absolute atomic E-state index is 15.5. The molecule has 1 fully saturated rings. The summed E-state index contributed by atoms with van der Waals surface area (Å²) in [6.45, 7) is 2.91. The van der Waals surface area contributed by atoms with E-state index in [9.17, 15) is 9.90 Å². The molecule has 1 aliphatic rings. The number of hydrogen-bond donors (Lipinski definition) is 1. The Morgan fingerprint density at radius 1 is 1.17 bits per heavy atom. The Bertz CT molecular complexity index is 1120. The summed E-state index contributed by atoms with van der Waals surface area (Å²) in [5, 5.41) is 10.1. The molecule has 3 aromatic rings. The molecular weight excluding hydrogens is 455 g/mol. The first-order valence-corrected chi connectivity index (χ1v) is 13.1. The zero-order chi connectivity index (χ0) is 25.3. The largest absolute Gasteiger partial charge is 0.497 e. The second kappa shape index (κ2) is 12.8. The number of rotatable bonds is 12. The maximum atomic E-state index is 15.5. The molecule has 1 N–H and O–H groups in total. The number of pyridine rings is 1. The lowest BCUT2D eigenvalue weighted by atomic mass is 9.79. The first-order chi connectivity index (χ1) is 17.5. The van der Waals surface area contributed by atoms with Gasteiger partial charge in [-0.25, -0.2) is 4.39 Å². The Kier molecular flexibility index (Phi) is 9.29. The highest BCUT2D eigenvalue weighted by molar-refractivity contribution is 5.83. The van der Waals surface area contributed by atoms with Crippen molar-refractivity contribution >= 4 is 16.9 Å². The predicted octanol–water partition coefficient (Wildman–Crippen LogP) is 6.47. The Labute approximate surface area is 213 Å². The summed E-state index contributed by atoms with van der Waals surface area (Å²) in [6, 6.07) is 17.8. The SMILES string of the molecule is COc1ccc2nccc(C(F)CC[C@@H]3CCN(CCCc4ccccc4)C[C@@H]3CCC(=O)O)c2c1. The number of likely N-dealkylation sites (tertiary alicyclic amines) is 1. The fraction of sp³-hybridized carbons (Fsp3) is 0.467. The molecule has 2 heterocycles. The van der Waals surface area contributed by atoms with Crippen molar-refractivity contribution in [3.63, 3.8) is 0 Å². The first-order valence-electron chi connectivity index (χ1n) is 13.1. The summed E-state index contributed by atoms with van der Waals surface area (Å²) in [4.78, 5) is 18.1. The van der Waals surface area contributed by atoms with Crippen LogP contribution in [0.25, 0.3) is 10.9 Å². The predicted molar refractivity (Wildman–Crippen MR) is 141 cm³/mol. The molecule has 36 heavy (non-hydrogen) atoms. The zero-order valence-corrected chi connectivity index (χ0v) is 21.1. The van der Waals surface area contributed by atoms with Gasteiger partial charge in [-0.05, 0) is 98.8 Å². The Morgan fingerprint density at radius 2 is 2.00 bits per heavy atom. The Balaban J connectivity index is 1.35. The molecule has 0 radical (unpaired) electrons. The molecule has 5 nitrogen and oxygen atoms in total. The number of hydrogen-bond acceptors (Lipinski definition) is 4. The van der Waals surface area contributed by atoms with Gasteiger partial charge in [-0.2, -0.15) is 0 Å². The van der Waals surface area contributed by atoms with E-state index in [1.807, 2.05) is 24.3 Å². The number of benzene rings is 2. The average Bonchev–Trinajstić information content (AvgIpc) is 2.91. The highest BCUT2D eigenvalue weighted by Crippen LogP contribution is 2.36. The average molecular weight is 493 g/mol. The van der Waals surface area contributed by atoms with Crippen molar-refractivity contribution in [2.24, 2.45) is 11.8 Å². The number of alkyl halides is 1. The van der Waals surface area contributed by atoms with Crippen molar-refractivity contribution in [1.82, 2.24) is 9.88 Å². The van der Waals surface area contributed by atoms with E-state index in [0.717, 1.165) is 56.2 Å². The third-order valence-electron chi connectivity index (χ3n) is 7.60. The molecule has 6 heteroatoms. The topological polar surface area (TPSA) is 62.7 Å². The molecule has 1 unspecified atom stereocenters. The second-order valence-electron chi connectivity index (χ2n) is 9.96. The number of carboxylic acid groups (broad SMARTS) is 1. The van der Waals surface area contributed by atoms with Crippen molar-refractivity contribution in [2.45, 2.75) is 51.1 Å². The number of fused-ring (bicyclic) bond motifs is 1. The molecule has 0 saturated carbocycles. The number of piperidine rings is 1. The second-order valence-corrected chi connectivity index (χ2v) is 9.96. The first kappa shape index (κ1) is 26.1. The van der Waals surface area contributed by atoms with E-state index in [0.29, 0.717) is 30.1 Å². The normalized spacial score (nSPS) is 19.3. The van der Waals surface area contributed by atoms with Crippen LogP contribution in [0.5, 0.6) is 5.75 Å². The maximum Gasteiger partial charge on any atom is 0.303 e. The summed E-state index contributed by atoms with van der Waals surface area (Å²) >= 11 is 0. The third kappa shape index (κ3) is 7.03. The fourth-order valence-corrected chi connectivity index (χ4v) is 5.59. The summed E-state index contributed by atoms with van der Waals surface area (Å²) in [6.07, 6.45) is 5.73. The van der Waals surface area contributed by atoms with Crippen molar-refractivity contribution in [3.05, 3.63) is 71.9 Å². The van der Waals surface area contributed by atoms with Crippen molar-refractivity contribution in [1.29, 1.82) is 0 Å². The van der Waals surface area contributed by atoms with Gasteiger partial charge in [-0.3, -0.25) is 9.78 Å². The van der Waals surface area contributed by atoms with Gasteiger partial charge < -0.3 is 14.7 Å². The standard InChI is InChI=1S/C30H37FN2O3/c1-36-25-11-13-29-27(20-25)26(15-17-32-29)28(31)12-9-23-16-19-33(21-24(23)10-14-30(34)35)18-5-8-22-6-3-2-4-7-22/h2-4,6-7,11,13,15,17,20,23-24,28H,5,8-10,12,14,16,18-19,21H2,1H3,(H,34,35)/t23-,24+,28?/m1/s1. The number of aromatic nitrogens is 1. The monoisotopic (exact) mass is 492 g/mol. The van der Waals surface area contributed by atoms with Gasteiger partial charge in [0.25, 0.3) is 0 Å². The zero-order valence-electron chi connectivity index (χ0n) is 21.1. The Morgan fingerprint density at radius 3 is 2.78 bits per heavy atom. The summed E-state index contributed by atoms with van der Waals surface area (Å²) in [7, 11) is 1.61. The van der Waals surface area contributed by atoms with Crippen molar-refractivity contribution in [3.8, 4) is 5.75 Å². The minimum absolute atomic E-state index is 0.173. The lowest BCUT2D eigenvalue weighted by Crippen LogP contribution is -2.41. The smallest absolute Gasteiger partial charge is 0.303 e. The number of ether oxygens (including phenoxy) is 1. The molecule has 2 aromatic carbocycles. The van der Waals surface area contributed by atoms with Crippen LogP contribution in [0.2, 0.25) is 0 Å². The van der Waals surface area contributed by atoms with E-state index in [-0.39, 0.29) is 12.3 Å². The molecule has 0 aliphatic carbocycles. The van der Waals surface area contributed by atoms with Gasteiger partial charge in [0.15, 0.2) is 0 Å². The van der Waals surface area contributed by atoms with Gasteiger partial charge in [-0.15, -0.1) is 0 Å². The van der Waals surface area contributed by atoms with Crippen LogP contribution in [0.1, 0.15) is 55.8 Å². The minimum Gasteiger partial charge on any atom is -0.497 e. The number of carboxylic acids is 1. The molecule has 3 atom stereocenters. The van der Waals surface area contributed by atoms with Crippen LogP contribution in [0.4, 0.5) is 4.39 Å². The highest BCUT2D eigenvalue weighted by Gasteiger charge is 2.30. The summed E-state index contributed by atoms with van der Waals surface area (Å²) in [5.74, 6) is 0.566. The lowest BCUT2D eigenvalue weighted by molar-refractivity contribution is -0.137. The molecule has 0 amide bonds. The van der Waals surface area contributed by atoms with E-state index in [4.69, 9.17) is 4.74 Å². The minimum atomic E-state index is -1.09. The van der Waals surface area contributed by atoms with Gasteiger partial charge in [0, 0.05) is 24.5 Å². The summed E-state index contributed by atoms with van der Waals surface area (Å²) < 4.78 is 20.9. The van der Waals surface area contributed by atoms with Crippen LogP contribution in [-0.2, 0) is 11.2 Å². The number of halogens is 1. The van der Waals surface area contributed by atoms with E-state index in [1.54, 1.807) is 19.4 Å². The molecule has 0 spiro atoms. The van der Waals surface area contributed by atoms with E-state index < -0.39 is 12.1 Å². The van der Waals surface area contributed by atoms with Crippen LogP contribution in [0, 0.1) is 11.8 Å². The van der Waals surface area contributed by atoms with Gasteiger partial charge in [0.05, 0.1) is 12.6 Å². The van der Waals surface area contributed by atoms with Crippen LogP contribution in [0.15, 0.2) is 60.8 Å². The van der Waals surface area contributed by atoms with Crippen LogP contribution in [0.3, 0.4) is 0 Å². The van der Waals surface area contributed by atoms with Crippen molar-refractivity contribution < 1.29 is 19.0 Å². The molecule has 1 aromatic heterocycles. The number of nitrogens with zero attached hydrogens (tertiary/aromatic N) is 2. The van der Waals surface area contributed by atoms with Crippen LogP contribution >= 0.6 is 0 Å². The molecule has 0 bridgehead atoms. The van der Waals surface area contributed by atoms with Gasteiger partial charge in [0.1, 0.15) is 11.9 Å². The number of carbonyl (C=O) groups is 1. The summed E-state index contributed by atoms with van der Waals surface area (Å²) in [5.41, 5.74) is 2.77. The Hall–Kier alpha value is -2.99. The van der Waals surface area contributed by atoms with Crippen LogP contribution in [-0.4, -0.2) is 47.7 Å². The quantitative estimate of drug-likeness (QED) is 0.314. The molecule has 192 valence electrons. The highest BCUT2D eigenvalue weighted by atomic mass is 19.1. The lowest BCUT2D eigenvalue weighted by Gasteiger charge is -2.39. The van der Waals surface area contributed by atoms with E-state index >= 15 is 4.39 Å². The van der Waals surface area contributed by atoms with Gasteiger partial charge in [-0.1, -0.05) is 30.3 Å². The van der Waals surface area contributed by atoms with Gasteiger partial charge >= 0.3 is 5.97 Å². The van der Waals surface area contributed by atoms with Gasteiger partial charge in [0.2, 0.25) is 0 Å². The fourth-order valence-electron chi connectivity index (χ4n) is 5.59. The van der Waals surface area contributed by atoms with E-state index in [1.165, 1.54) is 5.56 Å². The molecular formula is C30H37FN2O3.